The molecule has 1 N–H and O–H groups in total. The predicted octanol–water partition coefficient (Wildman–Crippen LogP) is 2.65. The van der Waals surface area contributed by atoms with Crippen molar-refractivity contribution in [2.75, 3.05) is 0 Å². The van der Waals surface area contributed by atoms with Crippen LogP contribution in [-0.2, 0) is 6.54 Å². The Hall–Kier alpha value is -3.68. The van der Waals surface area contributed by atoms with E-state index < -0.39 is 17.2 Å². The van der Waals surface area contributed by atoms with E-state index in [4.69, 9.17) is 0 Å². The third kappa shape index (κ3) is 3.02. The molecular weight excluding hydrogens is 376 g/mol. The van der Waals surface area contributed by atoms with Gasteiger partial charge in [-0.05, 0) is 35.4 Å². The number of hydrogen-bond donors (Lipinski definition) is 1. The monoisotopic (exact) mass is 391 g/mol. The van der Waals surface area contributed by atoms with Gasteiger partial charge in [0.2, 0.25) is 0 Å². The third-order valence-corrected chi connectivity index (χ3v) is 5.14. The van der Waals surface area contributed by atoms with Crippen LogP contribution >= 0.6 is 0 Å². The number of nitrogens with zero attached hydrogens (tertiary/aromatic N) is 4. The van der Waals surface area contributed by atoms with Crippen LogP contribution in [-0.4, -0.2) is 26.8 Å². The molecule has 29 heavy (non-hydrogen) atoms. The van der Waals surface area contributed by atoms with E-state index in [0.717, 1.165) is 0 Å². The molecule has 0 bridgehead atoms. The number of benzene rings is 1. The summed E-state index contributed by atoms with van der Waals surface area (Å²) in [6, 6.07) is 5.75. The van der Waals surface area contributed by atoms with Gasteiger partial charge in [-0.1, -0.05) is 18.2 Å². The summed E-state index contributed by atoms with van der Waals surface area (Å²) in [5.41, 5.74) is 3.80. The lowest BCUT2D eigenvalue weighted by Gasteiger charge is -2.18. The fourth-order valence-electron chi connectivity index (χ4n) is 3.57. The molecule has 5 rings (SSSR count). The highest BCUT2D eigenvalue weighted by Crippen LogP contribution is 2.28. The van der Waals surface area contributed by atoms with Crippen LogP contribution in [0.3, 0.4) is 0 Å². The van der Waals surface area contributed by atoms with Crippen LogP contribution in [0.5, 0.6) is 0 Å². The SMILES string of the molecule is O=c1c2cccnc2ncn1Cc1c(F)cc(C2=CC3NN=CC3C=C2)cc1F. The predicted molar refractivity (Wildman–Crippen MR) is 105 cm³/mol. The van der Waals surface area contributed by atoms with Crippen molar-refractivity contribution in [2.24, 2.45) is 11.0 Å². The summed E-state index contributed by atoms with van der Waals surface area (Å²) in [4.78, 5) is 20.7. The summed E-state index contributed by atoms with van der Waals surface area (Å²) in [5, 5.41) is 4.32. The largest absolute Gasteiger partial charge is 0.302 e. The van der Waals surface area contributed by atoms with Gasteiger partial charge in [0.05, 0.1) is 18.0 Å². The van der Waals surface area contributed by atoms with Crippen LogP contribution in [0.4, 0.5) is 8.78 Å². The molecule has 3 aromatic rings. The summed E-state index contributed by atoms with van der Waals surface area (Å²) < 4.78 is 30.7. The van der Waals surface area contributed by atoms with Gasteiger partial charge in [-0.3, -0.25) is 9.36 Å². The number of allylic oxidation sites excluding steroid dienone is 2. The fourth-order valence-corrected chi connectivity index (χ4v) is 3.57. The average Bonchev–Trinajstić information content (AvgIpc) is 3.20. The molecule has 2 atom stereocenters. The van der Waals surface area contributed by atoms with Crippen molar-refractivity contribution in [2.45, 2.75) is 12.6 Å². The van der Waals surface area contributed by atoms with E-state index in [9.17, 15) is 13.6 Å². The van der Waals surface area contributed by atoms with Crippen LogP contribution in [0.2, 0.25) is 0 Å². The number of hydrogen-bond acceptors (Lipinski definition) is 5. The van der Waals surface area contributed by atoms with Crippen LogP contribution in [0.25, 0.3) is 16.6 Å². The van der Waals surface area contributed by atoms with Gasteiger partial charge in [-0.15, -0.1) is 0 Å². The van der Waals surface area contributed by atoms with E-state index in [1.54, 1.807) is 18.3 Å². The molecular formula is C21H15F2N5O. The van der Waals surface area contributed by atoms with Crippen molar-refractivity contribution in [3.8, 4) is 0 Å². The molecule has 6 nitrogen and oxygen atoms in total. The van der Waals surface area contributed by atoms with E-state index in [-0.39, 0.29) is 24.1 Å². The summed E-state index contributed by atoms with van der Waals surface area (Å²) in [5.74, 6) is -1.29. The highest BCUT2D eigenvalue weighted by Gasteiger charge is 2.24. The minimum absolute atomic E-state index is 0.0170. The number of rotatable bonds is 3. The van der Waals surface area contributed by atoms with E-state index in [0.29, 0.717) is 22.2 Å². The first-order valence-corrected chi connectivity index (χ1v) is 9.07. The summed E-state index contributed by atoms with van der Waals surface area (Å²) in [6.07, 6.45) is 10.3. The fraction of sp³-hybridized carbons (Fsp3) is 0.143. The molecule has 0 saturated carbocycles. The molecule has 0 saturated heterocycles. The Labute approximate surface area is 163 Å². The summed E-state index contributed by atoms with van der Waals surface area (Å²) >= 11 is 0. The zero-order chi connectivity index (χ0) is 20.0. The lowest BCUT2D eigenvalue weighted by Crippen LogP contribution is -2.26. The van der Waals surface area contributed by atoms with Gasteiger partial charge < -0.3 is 5.43 Å². The zero-order valence-corrected chi connectivity index (χ0v) is 15.1. The van der Waals surface area contributed by atoms with E-state index in [1.807, 2.05) is 18.2 Å². The standard InChI is InChI=1S/C21H15F2N5O/c22-17-6-14(12-3-4-13-9-26-27-19(13)8-12)7-18(23)16(17)10-28-11-25-20-15(21(28)29)2-1-5-24-20/h1-9,11,13,19,27H,10H2. The quantitative estimate of drug-likeness (QED) is 0.745. The molecule has 2 aliphatic rings. The second-order valence-corrected chi connectivity index (χ2v) is 6.96. The first-order chi connectivity index (χ1) is 14.1. The van der Waals surface area contributed by atoms with E-state index in [2.05, 4.69) is 20.5 Å². The average molecular weight is 391 g/mol. The molecule has 0 radical (unpaired) electrons. The minimum Gasteiger partial charge on any atom is -0.302 e. The van der Waals surface area contributed by atoms with Gasteiger partial charge in [-0.2, -0.15) is 5.10 Å². The lowest BCUT2D eigenvalue weighted by atomic mass is 9.90. The number of aromatic nitrogens is 3. The summed E-state index contributed by atoms with van der Waals surface area (Å²) in [7, 11) is 0. The van der Waals surface area contributed by atoms with Crippen LogP contribution in [0.15, 0.2) is 64.9 Å². The molecule has 1 aromatic carbocycles. The number of fused-ring (bicyclic) bond motifs is 2. The Morgan fingerprint density at radius 2 is 2.00 bits per heavy atom. The van der Waals surface area contributed by atoms with Gasteiger partial charge in [0.1, 0.15) is 18.0 Å². The minimum atomic E-state index is -0.717. The van der Waals surface area contributed by atoms with Gasteiger partial charge in [0, 0.05) is 23.9 Å². The van der Waals surface area contributed by atoms with Crippen molar-refractivity contribution in [1.29, 1.82) is 0 Å². The first kappa shape index (κ1) is 17.4. The van der Waals surface area contributed by atoms with Gasteiger partial charge in [0.15, 0.2) is 5.65 Å². The van der Waals surface area contributed by atoms with Gasteiger partial charge >= 0.3 is 0 Å². The topological polar surface area (TPSA) is 72.2 Å². The highest BCUT2D eigenvalue weighted by molar-refractivity contribution is 5.80. The zero-order valence-electron chi connectivity index (χ0n) is 15.1. The van der Waals surface area contributed by atoms with E-state index >= 15 is 0 Å². The normalized spacial score (nSPS) is 19.9. The Morgan fingerprint density at radius 3 is 2.83 bits per heavy atom. The van der Waals surface area contributed by atoms with Crippen molar-refractivity contribution < 1.29 is 8.78 Å². The second-order valence-electron chi connectivity index (χ2n) is 6.96. The molecule has 1 aliphatic carbocycles. The van der Waals surface area contributed by atoms with Crippen LogP contribution in [0.1, 0.15) is 11.1 Å². The van der Waals surface area contributed by atoms with Gasteiger partial charge in [-0.25, -0.2) is 18.7 Å². The Bertz CT molecular complexity index is 1250. The maximum atomic E-state index is 14.8. The molecule has 2 aromatic heterocycles. The molecule has 8 heteroatoms. The van der Waals surface area contributed by atoms with Crippen LogP contribution < -0.4 is 11.0 Å². The number of hydrazone groups is 1. The highest BCUT2D eigenvalue weighted by atomic mass is 19.1. The molecule has 0 fully saturated rings. The van der Waals surface area contributed by atoms with Gasteiger partial charge in [0.25, 0.3) is 5.56 Å². The molecule has 1 aliphatic heterocycles. The van der Waals surface area contributed by atoms with Crippen molar-refractivity contribution >= 4 is 22.8 Å². The van der Waals surface area contributed by atoms with Crippen molar-refractivity contribution in [3.05, 3.63) is 88.1 Å². The number of halogens is 2. The van der Waals surface area contributed by atoms with E-state index in [1.165, 1.54) is 29.2 Å². The first-order valence-electron chi connectivity index (χ1n) is 9.07. The maximum absolute atomic E-state index is 14.8. The number of nitrogens with one attached hydrogen (secondary N) is 1. The maximum Gasteiger partial charge on any atom is 0.263 e. The number of pyridine rings is 1. The van der Waals surface area contributed by atoms with Crippen molar-refractivity contribution in [3.63, 3.8) is 0 Å². The molecule has 3 heterocycles. The summed E-state index contributed by atoms with van der Waals surface area (Å²) in [6.45, 7) is -0.260. The molecule has 2 unspecified atom stereocenters. The second kappa shape index (κ2) is 6.73. The Kier molecular flexibility index (Phi) is 4.04. The molecule has 0 spiro atoms. The van der Waals surface area contributed by atoms with Crippen molar-refractivity contribution in [1.82, 2.24) is 20.0 Å². The third-order valence-electron chi connectivity index (χ3n) is 5.14. The smallest absolute Gasteiger partial charge is 0.263 e. The Balaban J connectivity index is 1.49. The lowest BCUT2D eigenvalue weighted by molar-refractivity contribution is 0.540. The molecule has 0 amide bonds. The molecule has 144 valence electrons. The van der Waals surface area contributed by atoms with Crippen LogP contribution in [0, 0.1) is 17.6 Å². The Morgan fingerprint density at radius 1 is 1.17 bits per heavy atom.